The Bertz CT molecular complexity index is 297. The fourth-order valence-electron chi connectivity index (χ4n) is 1.84. The molecule has 0 aliphatic rings. The van der Waals surface area contributed by atoms with Crippen LogP contribution in [-0.4, -0.2) is 19.7 Å². The molecule has 0 spiro atoms. The van der Waals surface area contributed by atoms with Crippen molar-refractivity contribution in [2.75, 3.05) is 13.7 Å². The van der Waals surface area contributed by atoms with Crippen LogP contribution in [0.25, 0.3) is 0 Å². The maximum absolute atomic E-state index is 5.82. The van der Waals surface area contributed by atoms with Crippen molar-refractivity contribution in [3.63, 3.8) is 0 Å². The number of nitrogens with one attached hydrogen (secondary N) is 1. The number of hydrogen-bond acceptors (Lipinski definition) is 2. The quantitative estimate of drug-likeness (QED) is 0.712. The first kappa shape index (κ1) is 12.9. The maximum Gasteiger partial charge on any atom is 0.0980 e. The standard InChI is InChI=1S/C14H21NO/c1-4-9-13(15-3)14(16-5-2)12-10-7-6-8-11-12/h4,6-8,10-11,13-15H,1,5,9H2,2-3H3. The van der Waals surface area contributed by atoms with E-state index in [2.05, 4.69) is 24.0 Å². The van der Waals surface area contributed by atoms with Crippen molar-refractivity contribution in [1.29, 1.82) is 0 Å². The summed E-state index contributed by atoms with van der Waals surface area (Å²) in [5.74, 6) is 0. The summed E-state index contributed by atoms with van der Waals surface area (Å²) in [7, 11) is 1.96. The van der Waals surface area contributed by atoms with E-state index in [1.165, 1.54) is 5.56 Å². The van der Waals surface area contributed by atoms with E-state index in [9.17, 15) is 0 Å². The topological polar surface area (TPSA) is 21.3 Å². The van der Waals surface area contributed by atoms with Gasteiger partial charge in [0, 0.05) is 12.6 Å². The highest BCUT2D eigenvalue weighted by atomic mass is 16.5. The molecule has 1 aromatic carbocycles. The van der Waals surface area contributed by atoms with Gasteiger partial charge in [0.25, 0.3) is 0 Å². The van der Waals surface area contributed by atoms with E-state index in [1.807, 2.05) is 38.2 Å². The SMILES string of the molecule is C=CCC(NC)C(OCC)c1ccccc1. The van der Waals surface area contributed by atoms with Gasteiger partial charge in [0.05, 0.1) is 6.10 Å². The third-order valence-electron chi connectivity index (χ3n) is 2.63. The van der Waals surface area contributed by atoms with Crippen molar-refractivity contribution < 1.29 is 4.74 Å². The molecule has 1 N–H and O–H groups in total. The van der Waals surface area contributed by atoms with Crippen LogP contribution in [0.1, 0.15) is 25.0 Å². The molecule has 0 amide bonds. The first-order valence-electron chi connectivity index (χ1n) is 5.78. The summed E-state index contributed by atoms with van der Waals surface area (Å²) in [5, 5.41) is 3.29. The van der Waals surface area contributed by atoms with Gasteiger partial charge < -0.3 is 10.1 Å². The summed E-state index contributed by atoms with van der Waals surface area (Å²) in [5.41, 5.74) is 1.21. The monoisotopic (exact) mass is 219 g/mol. The Kier molecular flexibility index (Phi) is 5.83. The van der Waals surface area contributed by atoms with Crippen LogP contribution in [0.2, 0.25) is 0 Å². The van der Waals surface area contributed by atoms with E-state index in [0.29, 0.717) is 0 Å². The van der Waals surface area contributed by atoms with E-state index in [-0.39, 0.29) is 12.1 Å². The van der Waals surface area contributed by atoms with Crippen molar-refractivity contribution >= 4 is 0 Å². The normalized spacial score (nSPS) is 14.4. The lowest BCUT2D eigenvalue weighted by Crippen LogP contribution is -2.33. The average molecular weight is 219 g/mol. The van der Waals surface area contributed by atoms with E-state index >= 15 is 0 Å². The third kappa shape index (κ3) is 3.47. The predicted molar refractivity (Wildman–Crippen MR) is 68.5 cm³/mol. The van der Waals surface area contributed by atoms with E-state index in [1.54, 1.807) is 0 Å². The Morgan fingerprint density at radius 1 is 1.38 bits per heavy atom. The maximum atomic E-state index is 5.82. The summed E-state index contributed by atoms with van der Waals surface area (Å²) >= 11 is 0. The summed E-state index contributed by atoms with van der Waals surface area (Å²) < 4.78 is 5.82. The molecule has 0 saturated heterocycles. The number of benzene rings is 1. The first-order chi connectivity index (χ1) is 7.83. The fourth-order valence-corrected chi connectivity index (χ4v) is 1.84. The van der Waals surface area contributed by atoms with Crippen LogP contribution in [-0.2, 0) is 4.74 Å². The number of rotatable bonds is 7. The van der Waals surface area contributed by atoms with Gasteiger partial charge in [-0.3, -0.25) is 0 Å². The molecule has 2 heteroatoms. The number of hydrogen-bond donors (Lipinski definition) is 1. The number of ether oxygens (including phenoxy) is 1. The molecule has 2 unspecified atom stereocenters. The van der Waals surface area contributed by atoms with E-state index < -0.39 is 0 Å². The summed E-state index contributed by atoms with van der Waals surface area (Å²) in [6.07, 6.45) is 2.92. The van der Waals surface area contributed by atoms with Crippen LogP contribution in [0.4, 0.5) is 0 Å². The largest absolute Gasteiger partial charge is 0.372 e. The van der Waals surface area contributed by atoms with Gasteiger partial charge in [-0.2, -0.15) is 0 Å². The molecule has 2 atom stereocenters. The Balaban J connectivity index is 2.84. The molecule has 0 radical (unpaired) electrons. The van der Waals surface area contributed by atoms with Gasteiger partial charge in [-0.25, -0.2) is 0 Å². The van der Waals surface area contributed by atoms with Crippen LogP contribution in [0, 0.1) is 0 Å². The molecule has 2 nitrogen and oxygen atoms in total. The number of likely N-dealkylation sites (N-methyl/N-ethyl adjacent to an activating group) is 1. The highest BCUT2D eigenvalue weighted by Gasteiger charge is 2.20. The molecule has 0 saturated carbocycles. The molecule has 16 heavy (non-hydrogen) atoms. The Hall–Kier alpha value is -1.12. The molecule has 0 aromatic heterocycles. The second kappa shape index (κ2) is 7.20. The zero-order valence-electron chi connectivity index (χ0n) is 10.1. The minimum absolute atomic E-state index is 0.0919. The van der Waals surface area contributed by atoms with Crippen molar-refractivity contribution in [1.82, 2.24) is 5.32 Å². The molecular formula is C14H21NO. The van der Waals surface area contributed by atoms with Crippen molar-refractivity contribution in [2.45, 2.75) is 25.5 Å². The summed E-state index contributed by atoms with van der Waals surface area (Å²) in [6, 6.07) is 10.6. The molecule has 0 fully saturated rings. The average Bonchev–Trinajstić information content (AvgIpc) is 2.35. The molecule has 88 valence electrons. The summed E-state index contributed by atoms with van der Waals surface area (Å²) in [4.78, 5) is 0. The second-order valence-corrected chi connectivity index (χ2v) is 3.71. The molecule has 0 aliphatic heterocycles. The lowest BCUT2D eigenvalue weighted by atomic mass is 9.99. The van der Waals surface area contributed by atoms with Gasteiger partial charge in [0.1, 0.15) is 0 Å². The third-order valence-corrected chi connectivity index (χ3v) is 2.63. The van der Waals surface area contributed by atoms with Crippen LogP contribution >= 0.6 is 0 Å². The lowest BCUT2D eigenvalue weighted by Gasteiger charge is -2.26. The highest BCUT2D eigenvalue weighted by Crippen LogP contribution is 2.23. The predicted octanol–water partition coefficient (Wildman–Crippen LogP) is 2.93. The fraction of sp³-hybridized carbons (Fsp3) is 0.429. The zero-order chi connectivity index (χ0) is 11.8. The molecule has 0 bridgehead atoms. The Morgan fingerprint density at radius 3 is 2.56 bits per heavy atom. The van der Waals surface area contributed by atoms with Crippen LogP contribution in [0.15, 0.2) is 43.0 Å². The van der Waals surface area contributed by atoms with Crippen LogP contribution < -0.4 is 5.32 Å². The van der Waals surface area contributed by atoms with Crippen molar-refractivity contribution in [2.24, 2.45) is 0 Å². The summed E-state index contributed by atoms with van der Waals surface area (Å²) in [6.45, 7) is 6.53. The van der Waals surface area contributed by atoms with Crippen LogP contribution in [0.5, 0.6) is 0 Å². The minimum atomic E-state index is 0.0919. The van der Waals surface area contributed by atoms with Gasteiger partial charge in [-0.05, 0) is 26.0 Å². The first-order valence-corrected chi connectivity index (χ1v) is 5.78. The highest BCUT2D eigenvalue weighted by molar-refractivity contribution is 5.19. The molecule has 0 aliphatic carbocycles. The molecule has 0 heterocycles. The Labute approximate surface area is 98.3 Å². The van der Waals surface area contributed by atoms with Crippen LogP contribution in [0.3, 0.4) is 0 Å². The zero-order valence-corrected chi connectivity index (χ0v) is 10.1. The minimum Gasteiger partial charge on any atom is -0.372 e. The second-order valence-electron chi connectivity index (χ2n) is 3.71. The smallest absolute Gasteiger partial charge is 0.0980 e. The molecule has 1 rings (SSSR count). The van der Waals surface area contributed by atoms with Crippen molar-refractivity contribution in [3.8, 4) is 0 Å². The lowest BCUT2D eigenvalue weighted by molar-refractivity contribution is 0.0359. The van der Waals surface area contributed by atoms with E-state index in [4.69, 9.17) is 4.74 Å². The van der Waals surface area contributed by atoms with Crippen molar-refractivity contribution in [3.05, 3.63) is 48.6 Å². The van der Waals surface area contributed by atoms with E-state index in [0.717, 1.165) is 13.0 Å². The van der Waals surface area contributed by atoms with Gasteiger partial charge in [0.2, 0.25) is 0 Å². The molecule has 1 aromatic rings. The van der Waals surface area contributed by atoms with Gasteiger partial charge in [-0.15, -0.1) is 6.58 Å². The van der Waals surface area contributed by atoms with Gasteiger partial charge in [0.15, 0.2) is 0 Å². The Morgan fingerprint density at radius 2 is 2.06 bits per heavy atom. The van der Waals surface area contributed by atoms with Gasteiger partial charge >= 0.3 is 0 Å². The van der Waals surface area contributed by atoms with Gasteiger partial charge in [-0.1, -0.05) is 36.4 Å². The molecular weight excluding hydrogens is 198 g/mol.